The van der Waals surface area contributed by atoms with Crippen LogP contribution in [0.5, 0.6) is 5.75 Å². The Hall–Kier alpha value is -1.23. The standard InChI is InChI=1S/C12H13F3O2/c1-17-9-5-4-8-3-2-6-11(16,10(8)7-9)12(13,14)15/h4-5,7,16H,2-3,6H2,1H3. The van der Waals surface area contributed by atoms with Crippen LogP contribution in [-0.4, -0.2) is 18.4 Å². The van der Waals surface area contributed by atoms with Gasteiger partial charge in [-0.05, 0) is 42.5 Å². The molecule has 1 N–H and O–H groups in total. The molecular weight excluding hydrogens is 233 g/mol. The Kier molecular flexibility index (Phi) is 2.81. The first-order chi connectivity index (χ1) is 7.88. The normalized spacial score (nSPS) is 24.3. The Morgan fingerprint density at radius 1 is 1.35 bits per heavy atom. The van der Waals surface area contributed by atoms with E-state index in [-0.39, 0.29) is 12.0 Å². The van der Waals surface area contributed by atoms with Gasteiger partial charge in [0.1, 0.15) is 5.75 Å². The zero-order valence-electron chi connectivity index (χ0n) is 9.34. The van der Waals surface area contributed by atoms with E-state index in [1.807, 2.05) is 0 Å². The first-order valence-corrected chi connectivity index (χ1v) is 5.35. The minimum atomic E-state index is -4.66. The Morgan fingerprint density at radius 2 is 2.06 bits per heavy atom. The van der Waals surface area contributed by atoms with Gasteiger partial charge in [-0.3, -0.25) is 0 Å². The summed E-state index contributed by atoms with van der Waals surface area (Å²) in [4.78, 5) is 0. The van der Waals surface area contributed by atoms with E-state index in [9.17, 15) is 18.3 Å². The van der Waals surface area contributed by atoms with Crippen molar-refractivity contribution in [2.24, 2.45) is 0 Å². The first-order valence-electron chi connectivity index (χ1n) is 5.35. The predicted molar refractivity (Wildman–Crippen MR) is 55.9 cm³/mol. The second-order valence-electron chi connectivity index (χ2n) is 4.23. The lowest BCUT2D eigenvalue weighted by atomic mass is 9.78. The molecule has 5 heteroatoms. The molecule has 2 nitrogen and oxygen atoms in total. The van der Waals surface area contributed by atoms with E-state index in [0.717, 1.165) is 0 Å². The van der Waals surface area contributed by atoms with E-state index in [1.54, 1.807) is 12.1 Å². The van der Waals surface area contributed by atoms with Gasteiger partial charge in [0.15, 0.2) is 5.60 Å². The molecule has 0 spiro atoms. The average Bonchev–Trinajstić information content (AvgIpc) is 2.28. The van der Waals surface area contributed by atoms with Crippen LogP contribution in [0.25, 0.3) is 0 Å². The summed E-state index contributed by atoms with van der Waals surface area (Å²) in [6.07, 6.45) is -4.07. The number of hydrogen-bond acceptors (Lipinski definition) is 2. The maximum absolute atomic E-state index is 12.9. The minimum Gasteiger partial charge on any atom is -0.497 e. The number of rotatable bonds is 1. The fraction of sp³-hybridized carbons (Fsp3) is 0.500. The SMILES string of the molecule is COc1ccc2c(c1)C(O)(C(F)(F)F)CCC2. The molecule has 1 aliphatic carbocycles. The second kappa shape index (κ2) is 3.91. The molecule has 0 heterocycles. The van der Waals surface area contributed by atoms with E-state index in [0.29, 0.717) is 24.2 Å². The maximum atomic E-state index is 12.9. The molecule has 0 aromatic heterocycles. The van der Waals surface area contributed by atoms with E-state index in [1.165, 1.54) is 13.2 Å². The van der Waals surface area contributed by atoms with Gasteiger partial charge < -0.3 is 9.84 Å². The van der Waals surface area contributed by atoms with E-state index >= 15 is 0 Å². The average molecular weight is 246 g/mol. The number of aryl methyl sites for hydroxylation is 1. The van der Waals surface area contributed by atoms with Gasteiger partial charge in [-0.25, -0.2) is 0 Å². The highest BCUT2D eigenvalue weighted by atomic mass is 19.4. The Balaban J connectivity index is 2.56. The number of alkyl halides is 3. The summed E-state index contributed by atoms with van der Waals surface area (Å²) in [7, 11) is 1.39. The van der Waals surface area contributed by atoms with Crippen molar-refractivity contribution < 1.29 is 23.0 Å². The molecular formula is C12H13F3O2. The minimum absolute atomic E-state index is 0.0735. The summed E-state index contributed by atoms with van der Waals surface area (Å²) in [6.45, 7) is 0. The van der Waals surface area contributed by atoms with Crippen LogP contribution in [0.4, 0.5) is 13.2 Å². The van der Waals surface area contributed by atoms with Gasteiger partial charge in [0.25, 0.3) is 0 Å². The van der Waals surface area contributed by atoms with Crippen LogP contribution in [0, 0.1) is 0 Å². The summed E-state index contributed by atoms with van der Waals surface area (Å²) in [5, 5.41) is 9.90. The molecule has 0 saturated carbocycles. The topological polar surface area (TPSA) is 29.5 Å². The fourth-order valence-corrected chi connectivity index (χ4v) is 2.25. The second-order valence-corrected chi connectivity index (χ2v) is 4.23. The van der Waals surface area contributed by atoms with Crippen molar-refractivity contribution in [2.75, 3.05) is 7.11 Å². The quantitative estimate of drug-likeness (QED) is 0.825. The summed E-state index contributed by atoms with van der Waals surface area (Å²) >= 11 is 0. The monoisotopic (exact) mass is 246 g/mol. The molecule has 1 atom stereocenters. The van der Waals surface area contributed by atoms with Crippen LogP contribution < -0.4 is 4.74 Å². The van der Waals surface area contributed by atoms with Gasteiger partial charge in [-0.2, -0.15) is 13.2 Å². The molecule has 0 aliphatic heterocycles. The van der Waals surface area contributed by atoms with Crippen molar-refractivity contribution in [1.82, 2.24) is 0 Å². The van der Waals surface area contributed by atoms with Gasteiger partial charge in [-0.1, -0.05) is 6.07 Å². The van der Waals surface area contributed by atoms with E-state index in [4.69, 9.17) is 4.74 Å². The number of methoxy groups -OCH3 is 1. The molecule has 1 aliphatic rings. The Bertz CT molecular complexity index is 428. The van der Waals surface area contributed by atoms with Crippen molar-refractivity contribution in [1.29, 1.82) is 0 Å². The van der Waals surface area contributed by atoms with Crippen LogP contribution >= 0.6 is 0 Å². The molecule has 0 bridgehead atoms. The van der Waals surface area contributed by atoms with Gasteiger partial charge >= 0.3 is 6.18 Å². The summed E-state index contributed by atoms with van der Waals surface area (Å²) in [5.41, 5.74) is -2.28. The van der Waals surface area contributed by atoms with Crippen LogP contribution in [0.2, 0.25) is 0 Å². The van der Waals surface area contributed by atoms with Crippen LogP contribution in [0.1, 0.15) is 24.0 Å². The van der Waals surface area contributed by atoms with Crippen LogP contribution in [0.3, 0.4) is 0 Å². The third-order valence-electron chi connectivity index (χ3n) is 3.22. The number of aliphatic hydroxyl groups is 1. The lowest BCUT2D eigenvalue weighted by molar-refractivity contribution is -0.271. The number of fused-ring (bicyclic) bond motifs is 1. The zero-order valence-corrected chi connectivity index (χ0v) is 9.34. The van der Waals surface area contributed by atoms with E-state index < -0.39 is 11.8 Å². The molecule has 1 aromatic rings. The molecule has 94 valence electrons. The number of hydrogen-bond donors (Lipinski definition) is 1. The lowest BCUT2D eigenvalue weighted by Crippen LogP contribution is -2.44. The zero-order chi connectivity index (χ0) is 12.7. The highest BCUT2D eigenvalue weighted by Gasteiger charge is 2.56. The van der Waals surface area contributed by atoms with Crippen LogP contribution in [0.15, 0.2) is 18.2 Å². The summed E-state index contributed by atoms with van der Waals surface area (Å²) in [5.74, 6) is 0.327. The smallest absolute Gasteiger partial charge is 0.421 e. The van der Waals surface area contributed by atoms with Gasteiger partial charge in [0.2, 0.25) is 0 Å². The molecule has 1 unspecified atom stereocenters. The Morgan fingerprint density at radius 3 is 2.65 bits per heavy atom. The highest BCUT2D eigenvalue weighted by Crippen LogP contribution is 2.47. The van der Waals surface area contributed by atoms with Gasteiger partial charge in [0.05, 0.1) is 7.11 Å². The van der Waals surface area contributed by atoms with Crippen molar-refractivity contribution in [2.45, 2.75) is 31.0 Å². The predicted octanol–water partition coefficient (Wildman–Crippen LogP) is 2.78. The molecule has 0 amide bonds. The van der Waals surface area contributed by atoms with E-state index in [2.05, 4.69) is 0 Å². The third kappa shape index (κ3) is 1.88. The van der Waals surface area contributed by atoms with Gasteiger partial charge in [-0.15, -0.1) is 0 Å². The van der Waals surface area contributed by atoms with Gasteiger partial charge in [0, 0.05) is 0 Å². The number of halogens is 3. The van der Waals surface area contributed by atoms with Crippen molar-refractivity contribution >= 4 is 0 Å². The summed E-state index contributed by atoms with van der Waals surface area (Å²) in [6, 6.07) is 4.48. The fourth-order valence-electron chi connectivity index (χ4n) is 2.25. The van der Waals surface area contributed by atoms with Crippen LogP contribution in [-0.2, 0) is 12.0 Å². The summed E-state index contributed by atoms with van der Waals surface area (Å²) < 4.78 is 43.8. The molecule has 2 rings (SSSR count). The lowest BCUT2D eigenvalue weighted by Gasteiger charge is -2.36. The molecule has 0 saturated heterocycles. The van der Waals surface area contributed by atoms with Crippen molar-refractivity contribution in [3.05, 3.63) is 29.3 Å². The molecule has 1 aromatic carbocycles. The number of benzene rings is 1. The Labute approximate surface area is 97.0 Å². The molecule has 0 fully saturated rings. The van der Waals surface area contributed by atoms with Crippen molar-refractivity contribution in [3.63, 3.8) is 0 Å². The van der Waals surface area contributed by atoms with Crippen molar-refractivity contribution in [3.8, 4) is 5.75 Å². The largest absolute Gasteiger partial charge is 0.497 e. The highest BCUT2D eigenvalue weighted by molar-refractivity contribution is 5.41. The maximum Gasteiger partial charge on any atom is 0.421 e. The molecule has 17 heavy (non-hydrogen) atoms. The first kappa shape index (κ1) is 12.2. The molecule has 0 radical (unpaired) electrons. The number of ether oxygens (including phenoxy) is 1. The third-order valence-corrected chi connectivity index (χ3v) is 3.22.